The maximum Gasteiger partial charge on any atom is 0.320 e. The third-order valence-electron chi connectivity index (χ3n) is 3.17. The fourth-order valence-corrected chi connectivity index (χ4v) is 2.31. The second kappa shape index (κ2) is 4.18. The molecule has 2 aromatic carbocycles. The molecule has 0 bridgehead atoms. The Labute approximate surface area is 106 Å². The van der Waals surface area contributed by atoms with Crippen molar-refractivity contribution in [2.75, 3.05) is 5.32 Å². The molecule has 1 atom stereocenters. The summed E-state index contributed by atoms with van der Waals surface area (Å²) in [6.45, 7) is 2.05. The lowest BCUT2D eigenvalue weighted by Gasteiger charge is -2.28. The molecule has 18 heavy (non-hydrogen) atoms. The lowest BCUT2D eigenvalue weighted by atomic mass is 9.94. The molecule has 2 N–H and O–H groups in total. The number of amides is 2. The van der Waals surface area contributed by atoms with Crippen LogP contribution >= 0.6 is 0 Å². The number of carbonyl (C=O) groups excluding carboxylic acids is 1. The third-order valence-corrected chi connectivity index (χ3v) is 3.17. The molecule has 0 saturated carbocycles. The molecule has 0 radical (unpaired) electrons. The number of benzene rings is 2. The van der Waals surface area contributed by atoms with E-state index in [-0.39, 0.29) is 12.1 Å². The largest absolute Gasteiger partial charge is 0.327 e. The highest BCUT2D eigenvalue weighted by Crippen LogP contribution is 2.32. The van der Waals surface area contributed by atoms with Gasteiger partial charge >= 0.3 is 6.03 Å². The number of nitrogens with one attached hydrogen (secondary N) is 2. The van der Waals surface area contributed by atoms with Crippen LogP contribution in [0.4, 0.5) is 10.5 Å². The third kappa shape index (κ3) is 1.84. The van der Waals surface area contributed by atoms with Crippen molar-refractivity contribution >= 4 is 11.7 Å². The van der Waals surface area contributed by atoms with Crippen molar-refractivity contribution in [3.05, 3.63) is 65.2 Å². The first kappa shape index (κ1) is 10.8. The van der Waals surface area contributed by atoms with Crippen LogP contribution in [0.2, 0.25) is 0 Å². The fraction of sp³-hybridized carbons (Fsp3) is 0.133. The van der Waals surface area contributed by atoms with Crippen LogP contribution in [0.1, 0.15) is 22.7 Å². The van der Waals surface area contributed by atoms with E-state index in [2.05, 4.69) is 23.6 Å². The molecule has 3 nitrogen and oxygen atoms in total. The second-order valence-corrected chi connectivity index (χ2v) is 4.53. The lowest BCUT2D eigenvalue weighted by Crippen LogP contribution is -2.38. The van der Waals surface area contributed by atoms with Crippen molar-refractivity contribution in [1.29, 1.82) is 0 Å². The van der Waals surface area contributed by atoms with Crippen LogP contribution in [-0.2, 0) is 0 Å². The molecule has 90 valence electrons. The Kier molecular flexibility index (Phi) is 2.52. The van der Waals surface area contributed by atoms with Crippen LogP contribution < -0.4 is 10.6 Å². The highest BCUT2D eigenvalue weighted by Gasteiger charge is 2.25. The first-order valence-electron chi connectivity index (χ1n) is 5.97. The van der Waals surface area contributed by atoms with E-state index >= 15 is 0 Å². The average molecular weight is 238 g/mol. The molecule has 0 fully saturated rings. The second-order valence-electron chi connectivity index (χ2n) is 4.53. The number of aryl methyl sites for hydroxylation is 1. The standard InChI is InChI=1S/C15H14N2O/c1-10-7-8-13-12(9-10)14(17-15(18)16-13)11-5-3-2-4-6-11/h2-9,14H,1H3,(H2,16,17,18). The van der Waals surface area contributed by atoms with Crippen molar-refractivity contribution in [1.82, 2.24) is 5.32 Å². The number of hydrogen-bond acceptors (Lipinski definition) is 1. The Bertz CT molecular complexity index is 593. The number of carbonyl (C=O) groups is 1. The summed E-state index contributed by atoms with van der Waals surface area (Å²) in [7, 11) is 0. The smallest absolute Gasteiger partial charge is 0.320 e. The zero-order chi connectivity index (χ0) is 12.5. The van der Waals surface area contributed by atoms with Gasteiger partial charge in [-0.2, -0.15) is 0 Å². The van der Waals surface area contributed by atoms with E-state index in [9.17, 15) is 4.79 Å². The van der Waals surface area contributed by atoms with E-state index in [0.717, 1.165) is 16.8 Å². The van der Waals surface area contributed by atoms with Crippen molar-refractivity contribution in [3.63, 3.8) is 0 Å². The van der Waals surface area contributed by atoms with E-state index in [1.54, 1.807) is 0 Å². The van der Waals surface area contributed by atoms with E-state index in [0.29, 0.717) is 0 Å². The number of fused-ring (bicyclic) bond motifs is 1. The predicted molar refractivity (Wildman–Crippen MR) is 71.6 cm³/mol. The first-order valence-corrected chi connectivity index (χ1v) is 5.97. The normalized spacial score (nSPS) is 17.6. The molecule has 0 aromatic heterocycles. The highest BCUT2D eigenvalue weighted by atomic mass is 16.2. The number of urea groups is 1. The van der Waals surface area contributed by atoms with Crippen molar-refractivity contribution in [2.24, 2.45) is 0 Å². The van der Waals surface area contributed by atoms with Gasteiger partial charge in [0.1, 0.15) is 0 Å². The highest BCUT2D eigenvalue weighted by molar-refractivity contribution is 5.93. The molecule has 0 aliphatic carbocycles. The Balaban J connectivity index is 2.12. The molecule has 0 spiro atoms. The van der Waals surface area contributed by atoms with Crippen LogP contribution in [0.5, 0.6) is 0 Å². The summed E-state index contributed by atoms with van der Waals surface area (Å²) in [6, 6.07) is 15.9. The van der Waals surface area contributed by atoms with Gasteiger partial charge in [0, 0.05) is 11.3 Å². The summed E-state index contributed by atoms with van der Waals surface area (Å²) >= 11 is 0. The molecule has 1 aliphatic rings. The molecular formula is C15H14N2O. The monoisotopic (exact) mass is 238 g/mol. The number of hydrogen-bond donors (Lipinski definition) is 2. The van der Waals surface area contributed by atoms with E-state index in [1.807, 2.05) is 42.5 Å². The summed E-state index contributed by atoms with van der Waals surface area (Å²) in [5.41, 5.74) is 4.28. The Morgan fingerprint density at radius 3 is 2.61 bits per heavy atom. The maximum absolute atomic E-state index is 11.7. The average Bonchev–Trinajstić information content (AvgIpc) is 2.39. The van der Waals surface area contributed by atoms with Gasteiger partial charge in [0.2, 0.25) is 0 Å². The van der Waals surface area contributed by atoms with Crippen LogP contribution in [0.3, 0.4) is 0 Å². The summed E-state index contributed by atoms with van der Waals surface area (Å²) in [5.74, 6) is 0. The minimum Gasteiger partial charge on any atom is -0.327 e. The van der Waals surface area contributed by atoms with E-state index in [1.165, 1.54) is 5.56 Å². The Hall–Kier alpha value is -2.29. The van der Waals surface area contributed by atoms with E-state index in [4.69, 9.17) is 0 Å². The van der Waals surface area contributed by atoms with Gasteiger partial charge in [0.25, 0.3) is 0 Å². The zero-order valence-electron chi connectivity index (χ0n) is 10.1. The summed E-state index contributed by atoms with van der Waals surface area (Å²) in [6.07, 6.45) is 0. The van der Waals surface area contributed by atoms with Gasteiger partial charge in [0.15, 0.2) is 0 Å². The molecule has 0 saturated heterocycles. The van der Waals surface area contributed by atoms with Crippen LogP contribution in [0.25, 0.3) is 0 Å². The molecule has 1 heterocycles. The topological polar surface area (TPSA) is 41.1 Å². The van der Waals surface area contributed by atoms with Gasteiger partial charge in [-0.25, -0.2) is 4.79 Å². The van der Waals surface area contributed by atoms with Gasteiger partial charge in [-0.1, -0.05) is 48.0 Å². The molecule has 1 unspecified atom stereocenters. The fourth-order valence-electron chi connectivity index (χ4n) is 2.31. The maximum atomic E-state index is 11.7. The van der Waals surface area contributed by atoms with Gasteiger partial charge in [0.05, 0.1) is 6.04 Å². The SMILES string of the molecule is Cc1ccc2c(c1)C(c1ccccc1)NC(=O)N2. The predicted octanol–water partition coefficient (Wildman–Crippen LogP) is 3.22. The van der Waals surface area contributed by atoms with E-state index < -0.39 is 0 Å². The van der Waals surface area contributed by atoms with Gasteiger partial charge in [-0.3, -0.25) is 0 Å². The molecule has 3 rings (SSSR count). The molecule has 3 heteroatoms. The van der Waals surface area contributed by atoms with Crippen molar-refractivity contribution in [2.45, 2.75) is 13.0 Å². The molecule has 2 aromatic rings. The summed E-state index contributed by atoms with van der Waals surface area (Å²) < 4.78 is 0. The summed E-state index contributed by atoms with van der Waals surface area (Å²) in [4.78, 5) is 11.7. The first-order chi connectivity index (χ1) is 8.74. The van der Waals surface area contributed by atoms with Gasteiger partial charge < -0.3 is 10.6 Å². The summed E-state index contributed by atoms with van der Waals surface area (Å²) in [5, 5.41) is 5.80. The number of rotatable bonds is 1. The minimum atomic E-state index is -0.153. The Morgan fingerprint density at radius 1 is 1.06 bits per heavy atom. The van der Waals surface area contributed by atoms with Gasteiger partial charge in [-0.15, -0.1) is 0 Å². The van der Waals surface area contributed by atoms with Crippen LogP contribution in [0, 0.1) is 6.92 Å². The lowest BCUT2D eigenvalue weighted by molar-refractivity contribution is 0.249. The minimum absolute atomic E-state index is 0.0742. The van der Waals surface area contributed by atoms with Gasteiger partial charge in [-0.05, 0) is 18.6 Å². The van der Waals surface area contributed by atoms with Crippen LogP contribution in [-0.4, -0.2) is 6.03 Å². The zero-order valence-corrected chi connectivity index (χ0v) is 10.1. The van der Waals surface area contributed by atoms with Crippen LogP contribution in [0.15, 0.2) is 48.5 Å². The quantitative estimate of drug-likeness (QED) is 0.787. The molecule has 1 aliphatic heterocycles. The molecule has 2 amide bonds. The molecular weight excluding hydrogens is 224 g/mol. The van der Waals surface area contributed by atoms with Crippen molar-refractivity contribution in [3.8, 4) is 0 Å². The number of anilines is 1. The Morgan fingerprint density at radius 2 is 1.83 bits per heavy atom. The van der Waals surface area contributed by atoms with Crippen molar-refractivity contribution < 1.29 is 4.79 Å².